The summed E-state index contributed by atoms with van der Waals surface area (Å²) in [6, 6.07) is 3.85. The van der Waals surface area contributed by atoms with Gasteiger partial charge in [0.1, 0.15) is 6.29 Å². The maximum Gasteiger partial charge on any atom is 0.150 e. The van der Waals surface area contributed by atoms with Gasteiger partial charge in [-0.2, -0.15) is 0 Å². The van der Waals surface area contributed by atoms with Crippen molar-refractivity contribution in [2.75, 3.05) is 0 Å². The number of benzene rings is 1. The minimum Gasteiger partial charge on any atom is -0.326 e. The molecule has 1 aromatic rings. The molecule has 0 spiro atoms. The first-order valence-corrected chi connectivity index (χ1v) is 3.94. The molecule has 12 heavy (non-hydrogen) atoms. The fourth-order valence-electron chi connectivity index (χ4n) is 1.18. The smallest absolute Gasteiger partial charge is 0.150 e. The van der Waals surface area contributed by atoms with Gasteiger partial charge < -0.3 is 5.73 Å². The molecule has 0 unspecified atom stereocenters. The maximum absolute atomic E-state index is 10.6. The maximum atomic E-state index is 10.6. The van der Waals surface area contributed by atoms with E-state index in [9.17, 15) is 4.79 Å². The highest BCUT2D eigenvalue weighted by atomic mass is 16.1. The van der Waals surface area contributed by atoms with Crippen molar-refractivity contribution in [1.29, 1.82) is 0 Å². The SMILES string of the molecule is Cc1cc(C=O)c(CN)cc1C. The molecule has 64 valence electrons. The van der Waals surface area contributed by atoms with Crippen molar-refractivity contribution < 1.29 is 4.79 Å². The van der Waals surface area contributed by atoms with Gasteiger partial charge in [0.25, 0.3) is 0 Å². The van der Waals surface area contributed by atoms with Crippen LogP contribution in [0.15, 0.2) is 12.1 Å². The van der Waals surface area contributed by atoms with Crippen LogP contribution < -0.4 is 5.73 Å². The molecule has 0 radical (unpaired) electrons. The normalized spacial score (nSPS) is 9.92. The summed E-state index contributed by atoms with van der Waals surface area (Å²) in [7, 11) is 0. The molecule has 2 nitrogen and oxygen atoms in total. The average molecular weight is 163 g/mol. The van der Waals surface area contributed by atoms with Gasteiger partial charge in [0.05, 0.1) is 0 Å². The molecule has 0 aliphatic carbocycles. The minimum atomic E-state index is 0.426. The molecular formula is C10H13NO. The van der Waals surface area contributed by atoms with Gasteiger partial charge in [0.2, 0.25) is 0 Å². The summed E-state index contributed by atoms with van der Waals surface area (Å²) in [6.07, 6.45) is 0.856. The van der Waals surface area contributed by atoms with E-state index in [1.165, 1.54) is 5.56 Å². The lowest BCUT2D eigenvalue weighted by Gasteiger charge is -2.05. The van der Waals surface area contributed by atoms with Crippen LogP contribution in [0.25, 0.3) is 0 Å². The van der Waals surface area contributed by atoms with Crippen LogP contribution in [0, 0.1) is 13.8 Å². The summed E-state index contributed by atoms with van der Waals surface area (Å²) in [5.74, 6) is 0. The van der Waals surface area contributed by atoms with Crippen molar-refractivity contribution in [2.45, 2.75) is 20.4 Å². The Morgan fingerprint density at radius 1 is 1.33 bits per heavy atom. The van der Waals surface area contributed by atoms with Crippen LogP contribution in [0.4, 0.5) is 0 Å². The zero-order valence-electron chi connectivity index (χ0n) is 7.42. The molecule has 0 amide bonds. The number of nitrogens with two attached hydrogens (primary N) is 1. The topological polar surface area (TPSA) is 43.1 Å². The number of aldehydes is 1. The van der Waals surface area contributed by atoms with E-state index in [0.717, 1.165) is 17.4 Å². The van der Waals surface area contributed by atoms with Gasteiger partial charge in [-0.25, -0.2) is 0 Å². The molecule has 1 rings (SSSR count). The second-order valence-electron chi connectivity index (χ2n) is 2.96. The molecule has 0 aliphatic rings. The Morgan fingerprint density at radius 3 is 2.42 bits per heavy atom. The third-order valence-corrected chi connectivity index (χ3v) is 2.10. The largest absolute Gasteiger partial charge is 0.326 e. The molecule has 0 atom stereocenters. The first-order chi connectivity index (χ1) is 5.69. The summed E-state index contributed by atoms with van der Waals surface area (Å²) in [6.45, 7) is 4.43. The Balaban J connectivity index is 3.28. The minimum absolute atomic E-state index is 0.426. The summed E-state index contributed by atoms with van der Waals surface area (Å²) in [4.78, 5) is 10.6. The van der Waals surface area contributed by atoms with E-state index in [0.29, 0.717) is 12.1 Å². The summed E-state index contributed by atoms with van der Waals surface area (Å²) < 4.78 is 0. The molecule has 0 bridgehead atoms. The van der Waals surface area contributed by atoms with E-state index in [1.54, 1.807) is 0 Å². The highest BCUT2D eigenvalue weighted by molar-refractivity contribution is 5.78. The van der Waals surface area contributed by atoms with Crippen LogP contribution in [0.3, 0.4) is 0 Å². The van der Waals surface area contributed by atoms with Gasteiger partial charge >= 0.3 is 0 Å². The van der Waals surface area contributed by atoms with E-state index in [-0.39, 0.29) is 0 Å². The Labute approximate surface area is 72.4 Å². The molecule has 0 fully saturated rings. The zero-order chi connectivity index (χ0) is 9.14. The lowest BCUT2D eigenvalue weighted by molar-refractivity contribution is 0.112. The Morgan fingerprint density at radius 2 is 1.92 bits per heavy atom. The van der Waals surface area contributed by atoms with E-state index in [1.807, 2.05) is 26.0 Å². The van der Waals surface area contributed by atoms with Crippen molar-refractivity contribution in [3.05, 3.63) is 34.4 Å². The van der Waals surface area contributed by atoms with Gasteiger partial charge in [-0.1, -0.05) is 6.07 Å². The molecule has 1 aromatic carbocycles. The van der Waals surface area contributed by atoms with Crippen LogP contribution in [-0.4, -0.2) is 6.29 Å². The summed E-state index contributed by atoms with van der Waals surface area (Å²) in [5, 5.41) is 0. The molecule has 2 heteroatoms. The van der Waals surface area contributed by atoms with Crippen molar-refractivity contribution in [1.82, 2.24) is 0 Å². The monoisotopic (exact) mass is 163 g/mol. The number of rotatable bonds is 2. The summed E-state index contributed by atoms with van der Waals surface area (Å²) in [5.41, 5.74) is 9.43. The van der Waals surface area contributed by atoms with E-state index in [4.69, 9.17) is 5.73 Å². The molecule has 2 N–H and O–H groups in total. The van der Waals surface area contributed by atoms with Crippen LogP contribution in [0.5, 0.6) is 0 Å². The van der Waals surface area contributed by atoms with Crippen LogP contribution in [0.1, 0.15) is 27.0 Å². The van der Waals surface area contributed by atoms with E-state index in [2.05, 4.69) is 0 Å². The van der Waals surface area contributed by atoms with Crippen molar-refractivity contribution in [3.63, 3.8) is 0 Å². The second-order valence-corrected chi connectivity index (χ2v) is 2.96. The van der Waals surface area contributed by atoms with E-state index >= 15 is 0 Å². The molecule has 0 aromatic heterocycles. The predicted octanol–water partition coefficient (Wildman–Crippen LogP) is 1.57. The predicted molar refractivity (Wildman–Crippen MR) is 49.2 cm³/mol. The fraction of sp³-hybridized carbons (Fsp3) is 0.300. The molecular weight excluding hydrogens is 150 g/mol. The Bertz CT molecular complexity index is 305. The van der Waals surface area contributed by atoms with Crippen molar-refractivity contribution >= 4 is 6.29 Å². The zero-order valence-corrected chi connectivity index (χ0v) is 7.42. The van der Waals surface area contributed by atoms with Crippen LogP contribution in [0.2, 0.25) is 0 Å². The van der Waals surface area contributed by atoms with Gasteiger partial charge in [0, 0.05) is 12.1 Å². The number of hydrogen-bond acceptors (Lipinski definition) is 2. The number of aryl methyl sites for hydroxylation is 2. The van der Waals surface area contributed by atoms with Gasteiger partial charge in [-0.15, -0.1) is 0 Å². The van der Waals surface area contributed by atoms with E-state index < -0.39 is 0 Å². The van der Waals surface area contributed by atoms with Gasteiger partial charge in [0.15, 0.2) is 0 Å². The fourth-order valence-corrected chi connectivity index (χ4v) is 1.18. The molecule has 0 aliphatic heterocycles. The number of carbonyl (C=O) groups is 1. The molecule has 0 saturated carbocycles. The van der Waals surface area contributed by atoms with Gasteiger partial charge in [-0.05, 0) is 36.6 Å². The number of carbonyl (C=O) groups excluding carboxylic acids is 1. The van der Waals surface area contributed by atoms with Crippen LogP contribution in [-0.2, 0) is 6.54 Å². The van der Waals surface area contributed by atoms with Crippen molar-refractivity contribution in [2.24, 2.45) is 5.73 Å². The first-order valence-electron chi connectivity index (χ1n) is 3.94. The van der Waals surface area contributed by atoms with Crippen LogP contribution >= 0.6 is 0 Å². The lowest BCUT2D eigenvalue weighted by atomic mass is 10.0. The third-order valence-electron chi connectivity index (χ3n) is 2.10. The second kappa shape index (κ2) is 3.50. The Kier molecular flexibility index (Phi) is 2.61. The Hall–Kier alpha value is -1.15. The van der Waals surface area contributed by atoms with Crippen molar-refractivity contribution in [3.8, 4) is 0 Å². The summed E-state index contributed by atoms with van der Waals surface area (Å²) >= 11 is 0. The average Bonchev–Trinajstić information content (AvgIpc) is 2.09. The molecule has 0 heterocycles. The molecule has 0 saturated heterocycles. The highest BCUT2D eigenvalue weighted by Gasteiger charge is 2.02. The number of hydrogen-bond donors (Lipinski definition) is 1. The highest BCUT2D eigenvalue weighted by Crippen LogP contribution is 2.13. The first kappa shape index (κ1) is 8.94. The van der Waals surface area contributed by atoms with Gasteiger partial charge in [-0.3, -0.25) is 4.79 Å². The third kappa shape index (κ3) is 1.53. The standard InChI is InChI=1S/C10H13NO/c1-7-3-9(5-11)10(6-12)4-8(7)2/h3-4,6H,5,11H2,1-2H3. The quantitative estimate of drug-likeness (QED) is 0.672. The lowest BCUT2D eigenvalue weighted by Crippen LogP contribution is -2.02.